The second-order valence-corrected chi connectivity index (χ2v) is 4.96. The molecule has 0 saturated carbocycles. The highest BCUT2D eigenvalue weighted by Gasteiger charge is 2.47. The maximum absolute atomic E-state index is 6.10. The van der Waals surface area contributed by atoms with Crippen LogP contribution < -0.4 is 5.32 Å². The molecule has 2 atom stereocenters. The molecule has 2 fully saturated rings. The van der Waals surface area contributed by atoms with E-state index in [-0.39, 0.29) is 11.6 Å². The Morgan fingerprint density at radius 3 is 3.00 bits per heavy atom. The number of likely N-dealkylation sites (N-methyl/N-ethyl adjacent to an activating group) is 1. The van der Waals surface area contributed by atoms with Gasteiger partial charge in [0.25, 0.3) is 0 Å². The summed E-state index contributed by atoms with van der Waals surface area (Å²) in [7, 11) is 2.14. The second kappa shape index (κ2) is 4.33. The predicted octanol–water partition coefficient (Wildman–Crippen LogP) is 0.212. The Morgan fingerprint density at radius 1 is 1.47 bits per heavy atom. The fourth-order valence-corrected chi connectivity index (χ4v) is 2.96. The van der Waals surface area contributed by atoms with Gasteiger partial charge in [-0.05, 0) is 13.5 Å². The zero-order chi connectivity index (χ0) is 11.7. The molecule has 2 aliphatic heterocycles. The highest BCUT2D eigenvalue weighted by molar-refractivity contribution is 5.18. The van der Waals surface area contributed by atoms with Crippen LogP contribution in [-0.2, 0) is 4.74 Å². The van der Waals surface area contributed by atoms with Crippen LogP contribution in [0.1, 0.15) is 18.0 Å². The zero-order valence-electron chi connectivity index (χ0n) is 10.1. The molecule has 92 valence electrons. The van der Waals surface area contributed by atoms with Gasteiger partial charge in [-0.1, -0.05) is 0 Å². The molecule has 0 bridgehead atoms. The van der Waals surface area contributed by atoms with Crippen LogP contribution in [0.5, 0.6) is 0 Å². The molecule has 1 spiro atoms. The van der Waals surface area contributed by atoms with E-state index in [2.05, 4.69) is 27.2 Å². The number of nitrogens with one attached hydrogen (secondary N) is 1. The third-order valence-electron chi connectivity index (χ3n) is 3.73. The number of likely N-dealkylation sites (tertiary alicyclic amines) is 1. The van der Waals surface area contributed by atoms with Crippen LogP contribution in [0, 0.1) is 0 Å². The number of hydrogen-bond donors (Lipinski definition) is 1. The van der Waals surface area contributed by atoms with Crippen molar-refractivity contribution in [2.75, 3.05) is 33.3 Å². The summed E-state index contributed by atoms with van der Waals surface area (Å²) in [5.41, 5.74) is 1.03. The molecule has 0 amide bonds. The summed E-state index contributed by atoms with van der Waals surface area (Å²) in [5.74, 6) is 0. The molecule has 2 aliphatic rings. The lowest BCUT2D eigenvalue weighted by molar-refractivity contribution is -0.0891. The van der Waals surface area contributed by atoms with Gasteiger partial charge in [0.15, 0.2) is 0 Å². The summed E-state index contributed by atoms with van der Waals surface area (Å²) in [4.78, 5) is 10.5. The monoisotopic (exact) mass is 234 g/mol. The molecule has 0 radical (unpaired) electrons. The van der Waals surface area contributed by atoms with Crippen LogP contribution in [0.4, 0.5) is 0 Å². The highest BCUT2D eigenvalue weighted by atomic mass is 16.5. The van der Waals surface area contributed by atoms with Crippen molar-refractivity contribution in [1.82, 2.24) is 20.2 Å². The fourth-order valence-electron chi connectivity index (χ4n) is 2.96. The third kappa shape index (κ3) is 1.94. The molecule has 3 heterocycles. The molecule has 3 rings (SSSR count). The van der Waals surface area contributed by atoms with Gasteiger partial charge < -0.3 is 15.0 Å². The van der Waals surface area contributed by atoms with Gasteiger partial charge in [0, 0.05) is 37.6 Å². The molecule has 0 aromatic carbocycles. The first-order valence-electron chi connectivity index (χ1n) is 6.11. The van der Waals surface area contributed by atoms with Crippen molar-refractivity contribution in [3.05, 3.63) is 24.3 Å². The molecule has 0 aliphatic carbocycles. The quantitative estimate of drug-likeness (QED) is 0.753. The van der Waals surface area contributed by atoms with Crippen molar-refractivity contribution in [3.8, 4) is 0 Å². The number of hydrogen-bond acceptors (Lipinski definition) is 5. The minimum Gasteiger partial charge on any atom is -0.370 e. The number of aromatic nitrogens is 2. The zero-order valence-corrected chi connectivity index (χ0v) is 10.1. The van der Waals surface area contributed by atoms with Gasteiger partial charge in [0.1, 0.15) is 11.9 Å². The molecule has 1 aromatic rings. The summed E-state index contributed by atoms with van der Waals surface area (Å²) in [6, 6.07) is 0.211. The Bertz CT molecular complexity index is 381. The van der Waals surface area contributed by atoms with Crippen LogP contribution in [0.15, 0.2) is 18.7 Å². The molecular weight excluding hydrogens is 216 g/mol. The van der Waals surface area contributed by atoms with Crippen molar-refractivity contribution in [2.45, 2.75) is 18.1 Å². The lowest BCUT2D eigenvalue weighted by Gasteiger charge is -2.41. The summed E-state index contributed by atoms with van der Waals surface area (Å²) < 4.78 is 6.10. The standard InChI is InChI=1S/C12H18N4O/c1-16-4-2-12(8-16)11(15-3-5-17-12)10-6-13-9-14-7-10/h6-7,9,11,15H,2-5,8H2,1H3. The van der Waals surface area contributed by atoms with E-state index in [4.69, 9.17) is 4.74 Å². The largest absolute Gasteiger partial charge is 0.370 e. The van der Waals surface area contributed by atoms with Crippen LogP contribution in [-0.4, -0.2) is 53.8 Å². The highest BCUT2D eigenvalue weighted by Crippen LogP contribution is 2.38. The third-order valence-corrected chi connectivity index (χ3v) is 3.73. The first-order valence-corrected chi connectivity index (χ1v) is 6.11. The summed E-state index contributed by atoms with van der Waals surface area (Å²) in [6.45, 7) is 3.74. The normalized spacial score (nSPS) is 34.3. The molecule has 2 unspecified atom stereocenters. The van der Waals surface area contributed by atoms with Crippen LogP contribution >= 0.6 is 0 Å². The molecule has 1 aromatic heterocycles. The molecule has 17 heavy (non-hydrogen) atoms. The van der Waals surface area contributed by atoms with Crippen molar-refractivity contribution < 1.29 is 4.74 Å². The Labute approximate surface area is 101 Å². The molecule has 1 N–H and O–H groups in total. The Balaban J connectivity index is 1.91. The van der Waals surface area contributed by atoms with E-state index in [0.717, 1.165) is 38.2 Å². The summed E-state index contributed by atoms with van der Waals surface area (Å²) in [5, 5.41) is 3.56. The number of morpholine rings is 1. The van der Waals surface area contributed by atoms with Crippen molar-refractivity contribution in [1.29, 1.82) is 0 Å². The lowest BCUT2D eigenvalue weighted by Crippen LogP contribution is -2.53. The van der Waals surface area contributed by atoms with Gasteiger partial charge >= 0.3 is 0 Å². The maximum atomic E-state index is 6.10. The maximum Gasteiger partial charge on any atom is 0.115 e. The molecule has 2 saturated heterocycles. The Hall–Kier alpha value is -1.04. The molecular formula is C12H18N4O. The number of nitrogens with zero attached hydrogens (tertiary/aromatic N) is 3. The Morgan fingerprint density at radius 2 is 2.29 bits per heavy atom. The molecule has 5 nitrogen and oxygen atoms in total. The Kier molecular flexibility index (Phi) is 2.82. The van der Waals surface area contributed by atoms with E-state index in [0.29, 0.717) is 0 Å². The van der Waals surface area contributed by atoms with Crippen LogP contribution in [0.3, 0.4) is 0 Å². The van der Waals surface area contributed by atoms with E-state index in [1.807, 2.05) is 12.4 Å². The van der Waals surface area contributed by atoms with Crippen LogP contribution in [0.2, 0.25) is 0 Å². The summed E-state index contributed by atoms with van der Waals surface area (Å²) in [6.07, 6.45) is 6.41. The predicted molar refractivity (Wildman–Crippen MR) is 63.6 cm³/mol. The van der Waals surface area contributed by atoms with Gasteiger partial charge in [-0.25, -0.2) is 9.97 Å². The average Bonchev–Trinajstić information content (AvgIpc) is 2.73. The van der Waals surface area contributed by atoms with E-state index < -0.39 is 0 Å². The number of ether oxygens (including phenoxy) is 1. The van der Waals surface area contributed by atoms with Gasteiger partial charge in [-0.2, -0.15) is 0 Å². The molecule has 5 heteroatoms. The van der Waals surface area contributed by atoms with Gasteiger partial charge in [-0.15, -0.1) is 0 Å². The second-order valence-electron chi connectivity index (χ2n) is 4.96. The van der Waals surface area contributed by atoms with E-state index in [1.165, 1.54) is 0 Å². The van der Waals surface area contributed by atoms with Gasteiger partial charge in [-0.3, -0.25) is 0 Å². The fraction of sp³-hybridized carbons (Fsp3) is 0.667. The first kappa shape index (κ1) is 11.1. The number of rotatable bonds is 1. The van der Waals surface area contributed by atoms with Crippen molar-refractivity contribution in [2.24, 2.45) is 0 Å². The van der Waals surface area contributed by atoms with Gasteiger partial charge in [0.05, 0.1) is 12.6 Å². The summed E-state index contributed by atoms with van der Waals surface area (Å²) >= 11 is 0. The van der Waals surface area contributed by atoms with Crippen LogP contribution in [0.25, 0.3) is 0 Å². The van der Waals surface area contributed by atoms with E-state index >= 15 is 0 Å². The van der Waals surface area contributed by atoms with Crippen molar-refractivity contribution >= 4 is 0 Å². The van der Waals surface area contributed by atoms with Crippen molar-refractivity contribution in [3.63, 3.8) is 0 Å². The average molecular weight is 234 g/mol. The minimum absolute atomic E-state index is 0.0995. The lowest BCUT2D eigenvalue weighted by atomic mass is 9.87. The first-order chi connectivity index (χ1) is 8.30. The SMILES string of the molecule is CN1CCC2(C1)OCCNC2c1cncnc1. The smallest absolute Gasteiger partial charge is 0.115 e. The topological polar surface area (TPSA) is 50.3 Å². The van der Waals surface area contributed by atoms with Gasteiger partial charge in [0.2, 0.25) is 0 Å². The van der Waals surface area contributed by atoms with E-state index in [1.54, 1.807) is 6.33 Å². The van der Waals surface area contributed by atoms with E-state index in [9.17, 15) is 0 Å². The minimum atomic E-state index is -0.0995.